The fourth-order valence-corrected chi connectivity index (χ4v) is 3.60. The highest BCUT2D eigenvalue weighted by molar-refractivity contribution is 7.99. The van der Waals surface area contributed by atoms with Gasteiger partial charge in [-0.3, -0.25) is 0 Å². The third-order valence-corrected chi connectivity index (χ3v) is 4.51. The molecule has 0 bridgehead atoms. The standard InChI is InChI=1S/C12H16FNS/c1-3-11-12(14-2)8-5-4-6-10(13)9(8)7-15-11/h4-6,11-12,14H,3,7H2,1-2H3. The number of rotatable bonds is 2. The number of halogens is 1. The van der Waals surface area contributed by atoms with E-state index in [0.29, 0.717) is 11.3 Å². The van der Waals surface area contributed by atoms with E-state index < -0.39 is 0 Å². The maximum Gasteiger partial charge on any atom is 0.127 e. The molecule has 82 valence electrons. The third kappa shape index (κ3) is 1.91. The van der Waals surface area contributed by atoms with Crippen molar-refractivity contribution in [1.29, 1.82) is 0 Å². The lowest BCUT2D eigenvalue weighted by Gasteiger charge is -2.32. The summed E-state index contributed by atoms with van der Waals surface area (Å²) in [5.41, 5.74) is 2.02. The maximum absolute atomic E-state index is 13.6. The van der Waals surface area contributed by atoms with Crippen LogP contribution in [-0.2, 0) is 5.75 Å². The van der Waals surface area contributed by atoms with Gasteiger partial charge in [-0.05, 0) is 25.1 Å². The zero-order valence-corrected chi connectivity index (χ0v) is 9.90. The van der Waals surface area contributed by atoms with E-state index in [-0.39, 0.29) is 5.82 Å². The Kier molecular flexibility index (Phi) is 3.32. The molecule has 2 unspecified atom stereocenters. The van der Waals surface area contributed by atoms with Gasteiger partial charge in [-0.25, -0.2) is 4.39 Å². The number of thioether (sulfide) groups is 1. The highest BCUT2D eigenvalue weighted by Gasteiger charge is 2.28. The van der Waals surface area contributed by atoms with Crippen LogP contribution in [0.15, 0.2) is 18.2 Å². The Morgan fingerprint density at radius 3 is 3.00 bits per heavy atom. The molecule has 2 atom stereocenters. The minimum absolute atomic E-state index is 0.0604. The Bertz CT molecular complexity index is 353. The summed E-state index contributed by atoms with van der Waals surface area (Å²) >= 11 is 1.85. The first-order valence-corrected chi connectivity index (χ1v) is 6.39. The molecule has 1 heterocycles. The normalized spacial score (nSPS) is 25.0. The summed E-state index contributed by atoms with van der Waals surface area (Å²) in [4.78, 5) is 0. The minimum atomic E-state index is -0.0604. The van der Waals surface area contributed by atoms with E-state index >= 15 is 0 Å². The Morgan fingerprint density at radius 2 is 2.33 bits per heavy atom. The largest absolute Gasteiger partial charge is 0.312 e. The maximum atomic E-state index is 13.6. The minimum Gasteiger partial charge on any atom is -0.312 e. The summed E-state index contributed by atoms with van der Waals surface area (Å²) < 4.78 is 13.6. The van der Waals surface area contributed by atoms with Gasteiger partial charge in [0.1, 0.15) is 5.82 Å². The van der Waals surface area contributed by atoms with Crippen LogP contribution in [0.5, 0.6) is 0 Å². The van der Waals surface area contributed by atoms with Crippen molar-refractivity contribution in [2.24, 2.45) is 0 Å². The smallest absolute Gasteiger partial charge is 0.127 e. The van der Waals surface area contributed by atoms with E-state index in [9.17, 15) is 4.39 Å². The second-order valence-electron chi connectivity index (χ2n) is 3.83. The fourth-order valence-electron chi connectivity index (χ4n) is 2.20. The van der Waals surface area contributed by atoms with Crippen LogP contribution in [0, 0.1) is 5.82 Å². The quantitative estimate of drug-likeness (QED) is 0.830. The van der Waals surface area contributed by atoms with E-state index in [1.807, 2.05) is 24.9 Å². The van der Waals surface area contributed by atoms with Crippen molar-refractivity contribution in [3.8, 4) is 0 Å². The van der Waals surface area contributed by atoms with Gasteiger partial charge in [0, 0.05) is 22.6 Å². The van der Waals surface area contributed by atoms with Gasteiger partial charge in [-0.1, -0.05) is 19.1 Å². The van der Waals surface area contributed by atoms with Crippen molar-refractivity contribution in [2.75, 3.05) is 7.05 Å². The highest BCUT2D eigenvalue weighted by Crippen LogP contribution is 2.39. The van der Waals surface area contributed by atoms with Crippen molar-refractivity contribution in [3.63, 3.8) is 0 Å². The Labute approximate surface area is 94.5 Å². The van der Waals surface area contributed by atoms with Gasteiger partial charge >= 0.3 is 0 Å². The molecule has 1 aromatic rings. The molecule has 15 heavy (non-hydrogen) atoms. The van der Waals surface area contributed by atoms with Gasteiger partial charge < -0.3 is 5.32 Å². The first-order chi connectivity index (χ1) is 7.27. The Hall–Kier alpha value is -0.540. The molecule has 1 N–H and O–H groups in total. The number of fused-ring (bicyclic) bond motifs is 1. The average molecular weight is 225 g/mol. The molecule has 0 aliphatic carbocycles. The Balaban J connectivity index is 2.41. The van der Waals surface area contributed by atoms with Crippen molar-refractivity contribution in [2.45, 2.75) is 30.4 Å². The van der Waals surface area contributed by atoms with Crippen LogP contribution in [0.4, 0.5) is 4.39 Å². The average Bonchev–Trinajstić information content (AvgIpc) is 2.28. The molecule has 2 rings (SSSR count). The predicted molar refractivity (Wildman–Crippen MR) is 63.6 cm³/mol. The van der Waals surface area contributed by atoms with Gasteiger partial charge in [0.05, 0.1) is 0 Å². The van der Waals surface area contributed by atoms with Crippen molar-refractivity contribution in [3.05, 3.63) is 35.1 Å². The molecule has 0 radical (unpaired) electrons. The van der Waals surface area contributed by atoms with Gasteiger partial charge in [0.15, 0.2) is 0 Å². The van der Waals surface area contributed by atoms with Gasteiger partial charge in [-0.15, -0.1) is 0 Å². The predicted octanol–water partition coefficient (Wildman–Crippen LogP) is 3.11. The number of hydrogen-bond acceptors (Lipinski definition) is 2. The molecule has 0 saturated carbocycles. The van der Waals surface area contributed by atoms with Crippen LogP contribution < -0.4 is 5.32 Å². The molecule has 0 fully saturated rings. The summed E-state index contributed by atoms with van der Waals surface area (Å²) in [6, 6.07) is 5.70. The van der Waals surface area contributed by atoms with Crippen LogP contribution in [-0.4, -0.2) is 12.3 Å². The van der Waals surface area contributed by atoms with Crippen molar-refractivity contribution < 1.29 is 4.39 Å². The van der Waals surface area contributed by atoms with Crippen LogP contribution in [0.3, 0.4) is 0 Å². The van der Waals surface area contributed by atoms with Crippen molar-refractivity contribution >= 4 is 11.8 Å². The molecule has 1 aromatic carbocycles. The molecular weight excluding hydrogens is 209 g/mol. The molecule has 0 amide bonds. The second kappa shape index (κ2) is 4.54. The lowest BCUT2D eigenvalue weighted by molar-refractivity contribution is 0.533. The molecule has 0 saturated heterocycles. The molecule has 0 aromatic heterocycles. The summed E-state index contributed by atoms with van der Waals surface area (Å²) in [5.74, 6) is 0.744. The molecule has 1 aliphatic rings. The van der Waals surface area contributed by atoms with Gasteiger partial charge in [0.25, 0.3) is 0 Å². The fraction of sp³-hybridized carbons (Fsp3) is 0.500. The molecule has 1 nitrogen and oxygen atoms in total. The van der Waals surface area contributed by atoms with Crippen LogP contribution >= 0.6 is 11.8 Å². The van der Waals surface area contributed by atoms with Crippen molar-refractivity contribution in [1.82, 2.24) is 5.32 Å². The molecule has 1 aliphatic heterocycles. The third-order valence-electron chi connectivity index (χ3n) is 3.02. The highest BCUT2D eigenvalue weighted by atomic mass is 32.2. The first kappa shape index (κ1) is 11.0. The number of hydrogen-bond donors (Lipinski definition) is 1. The van der Waals surface area contributed by atoms with E-state index in [1.54, 1.807) is 12.1 Å². The SMILES string of the molecule is CCC1SCc2c(F)cccc2C1NC. The van der Waals surface area contributed by atoms with E-state index in [4.69, 9.17) is 0 Å². The lowest BCUT2D eigenvalue weighted by Crippen LogP contribution is -2.31. The zero-order chi connectivity index (χ0) is 10.8. The van der Waals surface area contributed by atoms with E-state index in [2.05, 4.69) is 12.2 Å². The van der Waals surface area contributed by atoms with Crippen LogP contribution in [0.1, 0.15) is 30.5 Å². The molecule has 0 spiro atoms. The molecular formula is C12H16FNS. The summed E-state index contributed by atoms with van der Waals surface area (Å²) in [5, 5.41) is 3.86. The topological polar surface area (TPSA) is 12.0 Å². The molecule has 3 heteroatoms. The second-order valence-corrected chi connectivity index (χ2v) is 5.06. The summed E-state index contributed by atoms with van der Waals surface area (Å²) in [6.07, 6.45) is 1.12. The lowest BCUT2D eigenvalue weighted by atomic mass is 9.96. The van der Waals surface area contributed by atoms with Gasteiger partial charge in [0.2, 0.25) is 0 Å². The Morgan fingerprint density at radius 1 is 1.53 bits per heavy atom. The van der Waals surface area contributed by atoms with E-state index in [0.717, 1.165) is 23.3 Å². The van der Waals surface area contributed by atoms with Crippen LogP contribution in [0.25, 0.3) is 0 Å². The first-order valence-electron chi connectivity index (χ1n) is 5.34. The zero-order valence-electron chi connectivity index (χ0n) is 9.09. The monoisotopic (exact) mass is 225 g/mol. The number of benzene rings is 1. The summed E-state index contributed by atoms with van der Waals surface area (Å²) in [7, 11) is 1.95. The van der Waals surface area contributed by atoms with Gasteiger partial charge in [-0.2, -0.15) is 11.8 Å². The number of nitrogens with one attached hydrogen (secondary N) is 1. The summed E-state index contributed by atoms with van der Waals surface area (Å²) in [6.45, 7) is 2.19. The van der Waals surface area contributed by atoms with E-state index in [1.165, 1.54) is 0 Å². The van der Waals surface area contributed by atoms with Crippen LogP contribution in [0.2, 0.25) is 0 Å².